The SMILES string of the molecule is CCC(CC)N(CCO)Cc1nc(-c2cccs2)no1. The van der Waals surface area contributed by atoms with E-state index in [1.807, 2.05) is 17.5 Å². The van der Waals surface area contributed by atoms with Crippen molar-refractivity contribution in [3.63, 3.8) is 0 Å². The standard InChI is InChI=1S/C14H21N3O2S/c1-3-11(4-2)17(7-8-18)10-13-15-14(16-19-13)12-6-5-9-20-12/h5-6,9,11,18H,3-4,7-8,10H2,1-2H3. The highest BCUT2D eigenvalue weighted by molar-refractivity contribution is 7.13. The molecule has 0 aliphatic carbocycles. The van der Waals surface area contributed by atoms with Gasteiger partial charge in [0.2, 0.25) is 11.7 Å². The van der Waals surface area contributed by atoms with Crippen molar-refractivity contribution in [1.29, 1.82) is 0 Å². The normalized spacial score (nSPS) is 11.7. The van der Waals surface area contributed by atoms with Crippen molar-refractivity contribution >= 4 is 11.3 Å². The van der Waals surface area contributed by atoms with Crippen LogP contribution in [0, 0.1) is 0 Å². The van der Waals surface area contributed by atoms with Gasteiger partial charge >= 0.3 is 0 Å². The van der Waals surface area contributed by atoms with Crippen LogP contribution in [0.4, 0.5) is 0 Å². The lowest BCUT2D eigenvalue weighted by molar-refractivity contribution is 0.122. The van der Waals surface area contributed by atoms with Crippen LogP contribution in [0.25, 0.3) is 10.7 Å². The summed E-state index contributed by atoms with van der Waals surface area (Å²) in [5, 5.41) is 15.2. The topological polar surface area (TPSA) is 62.4 Å². The minimum Gasteiger partial charge on any atom is -0.395 e. The van der Waals surface area contributed by atoms with Crippen LogP contribution in [0.2, 0.25) is 0 Å². The maximum absolute atomic E-state index is 9.20. The van der Waals surface area contributed by atoms with Gasteiger partial charge in [0.25, 0.3) is 0 Å². The summed E-state index contributed by atoms with van der Waals surface area (Å²) in [5.41, 5.74) is 0. The second-order valence-electron chi connectivity index (χ2n) is 4.65. The first-order valence-electron chi connectivity index (χ1n) is 6.99. The lowest BCUT2D eigenvalue weighted by Gasteiger charge is -2.28. The average Bonchev–Trinajstić information content (AvgIpc) is 3.10. The number of hydrogen-bond donors (Lipinski definition) is 1. The van der Waals surface area contributed by atoms with Gasteiger partial charge in [-0.25, -0.2) is 0 Å². The molecule has 0 unspecified atom stereocenters. The number of rotatable bonds is 8. The molecule has 1 N–H and O–H groups in total. The van der Waals surface area contributed by atoms with Gasteiger partial charge in [-0.1, -0.05) is 25.1 Å². The maximum atomic E-state index is 9.20. The monoisotopic (exact) mass is 295 g/mol. The van der Waals surface area contributed by atoms with E-state index in [9.17, 15) is 5.11 Å². The van der Waals surface area contributed by atoms with Gasteiger partial charge in [-0.2, -0.15) is 4.98 Å². The fourth-order valence-corrected chi connectivity index (χ4v) is 2.97. The molecular weight excluding hydrogens is 274 g/mol. The van der Waals surface area contributed by atoms with Crippen LogP contribution in [0.3, 0.4) is 0 Å². The van der Waals surface area contributed by atoms with Crippen LogP contribution in [0.5, 0.6) is 0 Å². The number of aromatic nitrogens is 2. The Kier molecular flexibility index (Phi) is 5.70. The van der Waals surface area contributed by atoms with E-state index in [0.29, 0.717) is 30.8 Å². The fourth-order valence-electron chi connectivity index (χ4n) is 2.32. The molecule has 0 atom stereocenters. The van der Waals surface area contributed by atoms with E-state index >= 15 is 0 Å². The second-order valence-corrected chi connectivity index (χ2v) is 5.60. The molecule has 20 heavy (non-hydrogen) atoms. The molecule has 2 rings (SSSR count). The van der Waals surface area contributed by atoms with E-state index < -0.39 is 0 Å². The van der Waals surface area contributed by atoms with Crippen molar-refractivity contribution in [2.75, 3.05) is 13.2 Å². The third-order valence-electron chi connectivity index (χ3n) is 3.39. The Morgan fingerprint density at radius 3 is 2.80 bits per heavy atom. The van der Waals surface area contributed by atoms with Crippen molar-refractivity contribution in [2.45, 2.75) is 39.3 Å². The van der Waals surface area contributed by atoms with Gasteiger partial charge in [0.1, 0.15) is 0 Å². The lowest BCUT2D eigenvalue weighted by Crippen LogP contribution is -2.36. The summed E-state index contributed by atoms with van der Waals surface area (Å²) in [5.74, 6) is 1.25. The van der Waals surface area contributed by atoms with Crippen LogP contribution >= 0.6 is 11.3 Å². The number of nitrogens with zero attached hydrogens (tertiary/aromatic N) is 3. The summed E-state index contributed by atoms with van der Waals surface area (Å²) in [4.78, 5) is 7.65. The first-order chi connectivity index (χ1) is 9.78. The van der Waals surface area contributed by atoms with Gasteiger partial charge in [-0.15, -0.1) is 11.3 Å². The Bertz CT molecular complexity index is 494. The Balaban J connectivity index is 2.07. The number of thiophene rings is 1. The van der Waals surface area contributed by atoms with Crippen molar-refractivity contribution < 1.29 is 9.63 Å². The summed E-state index contributed by atoms with van der Waals surface area (Å²) < 4.78 is 5.33. The Morgan fingerprint density at radius 2 is 2.20 bits per heavy atom. The van der Waals surface area contributed by atoms with E-state index in [4.69, 9.17) is 4.52 Å². The molecule has 0 fully saturated rings. The maximum Gasteiger partial charge on any atom is 0.241 e. The zero-order valence-corrected chi connectivity index (χ0v) is 12.8. The van der Waals surface area contributed by atoms with Crippen LogP contribution in [-0.2, 0) is 6.54 Å². The molecule has 0 saturated carbocycles. The van der Waals surface area contributed by atoms with E-state index in [1.54, 1.807) is 11.3 Å². The highest BCUT2D eigenvalue weighted by Gasteiger charge is 2.18. The van der Waals surface area contributed by atoms with Gasteiger partial charge in [-0.05, 0) is 24.3 Å². The highest BCUT2D eigenvalue weighted by atomic mass is 32.1. The van der Waals surface area contributed by atoms with Crippen molar-refractivity contribution in [3.05, 3.63) is 23.4 Å². The number of aliphatic hydroxyl groups excluding tert-OH is 1. The van der Waals surface area contributed by atoms with Crippen LogP contribution in [0.1, 0.15) is 32.6 Å². The summed E-state index contributed by atoms with van der Waals surface area (Å²) in [6.07, 6.45) is 2.09. The first-order valence-corrected chi connectivity index (χ1v) is 7.87. The van der Waals surface area contributed by atoms with E-state index in [2.05, 4.69) is 28.9 Å². The smallest absolute Gasteiger partial charge is 0.241 e. The minimum absolute atomic E-state index is 0.141. The second kappa shape index (κ2) is 7.52. The predicted octanol–water partition coefficient (Wildman–Crippen LogP) is 2.78. The summed E-state index contributed by atoms with van der Waals surface area (Å²) in [7, 11) is 0. The van der Waals surface area contributed by atoms with Crippen molar-refractivity contribution in [1.82, 2.24) is 15.0 Å². The molecule has 0 amide bonds. The van der Waals surface area contributed by atoms with Crippen LogP contribution < -0.4 is 0 Å². The third-order valence-corrected chi connectivity index (χ3v) is 4.26. The molecule has 0 aliphatic heterocycles. The Labute approximate surface area is 123 Å². The summed E-state index contributed by atoms with van der Waals surface area (Å²) in [6.45, 7) is 5.67. The third kappa shape index (κ3) is 3.65. The molecule has 2 aromatic rings. The van der Waals surface area contributed by atoms with Gasteiger partial charge in [-0.3, -0.25) is 4.90 Å². The molecule has 2 aromatic heterocycles. The highest BCUT2D eigenvalue weighted by Crippen LogP contribution is 2.22. The molecule has 2 heterocycles. The van der Waals surface area contributed by atoms with Gasteiger partial charge < -0.3 is 9.63 Å². The summed E-state index contributed by atoms with van der Waals surface area (Å²) in [6, 6.07) is 4.38. The van der Waals surface area contributed by atoms with Gasteiger partial charge in [0.15, 0.2) is 0 Å². The van der Waals surface area contributed by atoms with Gasteiger partial charge in [0.05, 0.1) is 18.0 Å². The molecule has 6 heteroatoms. The number of hydrogen-bond acceptors (Lipinski definition) is 6. The molecule has 0 aromatic carbocycles. The zero-order chi connectivity index (χ0) is 14.4. The largest absolute Gasteiger partial charge is 0.395 e. The first kappa shape index (κ1) is 15.2. The molecule has 110 valence electrons. The van der Waals surface area contributed by atoms with Crippen LogP contribution in [-0.4, -0.2) is 39.3 Å². The van der Waals surface area contributed by atoms with Crippen molar-refractivity contribution in [2.24, 2.45) is 0 Å². The van der Waals surface area contributed by atoms with E-state index in [0.717, 1.165) is 17.7 Å². The Morgan fingerprint density at radius 1 is 1.40 bits per heavy atom. The fraction of sp³-hybridized carbons (Fsp3) is 0.571. The quantitative estimate of drug-likeness (QED) is 0.811. The van der Waals surface area contributed by atoms with Gasteiger partial charge in [0, 0.05) is 12.6 Å². The molecular formula is C14H21N3O2S. The van der Waals surface area contributed by atoms with Crippen LogP contribution in [0.15, 0.2) is 22.0 Å². The average molecular weight is 295 g/mol. The Hall–Kier alpha value is -1.24. The molecule has 0 bridgehead atoms. The molecule has 0 aliphatic rings. The molecule has 0 spiro atoms. The number of aliphatic hydroxyl groups is 1. The lowest BCUT2D eigenvalue weighted by atomic mass is 10.1. The van der Waals surface area contributed by atoms with E-state index in [-0.39, 0.29) is 6.61 Å². The van der Waals surface area contributed by atoms with Crippen molar-refractivity contribution in [3.8, 4) is 10.7 Å². The molecule has 0 radical (unpaired) electrons. The zero-order valence-electron chi connectivity index (χ0n) is 12.0. The summed E-state index contributed by atoms with van der Waals surface area (Å²) >= 11 is 1.60. The minimum atomic E-state index is 0.141. The van der Waals surface area contributed by atoms with E-state index in [1.165, 1.54) is 0 Å². The predicted molar refractivity (Wildman–Crippen MR) is 79.5 cm³/mol. The molecule has 5 nitrogen and oxygen atoms in total. The molecule has 0 saturated heterocycles.